The predicted molar refractivity (Wildman–Crippen MR) is 70.0 cm³/mol. The summed E-state index contributed by atoms with van der Waals surface area (Å²) in [5.41, 5.74) is 5.16. The standard InChI is InChI=1S/C12H19N5O3/c13-11(18)7-9-1-3-16(4-2-9)5-6-17-8-10(12(19)20)14-15-17/h8-9H,1-7H2,(H2,13,18)(H,19,20). The first kappa shape index (κ1) is 14.4. The molecule has 2 heterocycles. The Kier molecular flexibility index (Phi) is 4.67. The molecule has 0 spiro atoms. The Morgan fingerprint density at radius 1 is 1.35 bits per heavy atom. The van der Waals surface area contributed by atoms with Gasteiger partial charge in [-0.2, -0.15) is 0 Å². The minimum Gasteiger partial charge on any atom is -0.476 e. The molecule has 1 saturated heterocycles. The summed E-state index contributed by atoms with van der Waals surface area (Å²) >= 11 is 0. The molecular formula is C12H19N5O3. The third-order valence-electron chi connectivity index (χ3n) is 3.60. The number of hydrogen-bond donors (Lipinski definition) is 2. The van der Waals surface area contributed by atoms with Crippen LogP contribution in [0, 0.1) is 5.92 Å². The number of rotatable bonds is 6. The molecule has 0 radical (unpaired) electrons. The van der Waals surface area contributed by atoms with Crippen LogP contribution in [0.1, 0.15) is 29.8 Å². The van der Waals surface area contributed by atoms with Gasteiger partial charge in [0.05, 0.1) is 12.7 Å². The van der Waals surface area contributed by atoms with E-state index in [2.05, 4.69) is 15.2 Å². The molecule has 1 aliphatic heterocycles. The molecule has 20 heavy (non-hydrogen) atoms. The summed E-state index contributed by atoms with van der Waals surface area (Å²) in [6, 6.07) is 0. The lowest BCUT2D eigenvalue weighted by molar-refractivity contribution is -0.119. The van der Waals surface area contributed by atoms with Crippen molar-refractivity contribution in [3.05, 3.63) is 11.9 Å². The van der Waals surface area contributed by atoms with Gasteiger partial charge in [0.15, 0.2) is 5.69 Å². The van der Waals surface area contributed by atoms with Crippen molar-refractivity contribution in [3.8, 4) is 0 Å². The molecule has 0 unspecified atom stereocenters. The summed E-state index contributed by atoms with van der Waals surface area (Å²) in [5.74, 6) is -0.899. The first-order chi connectivity index (χ1) is 9.54. The minimum atomic E-state index is -1.07. The van der Waals surface area contributed by atoms with Crippen molar-refractivity contribution in [2.24, 2.45) is 11.7 Å². The molecule has 1 aromatic heterocycles. The Hall–Kier alpha value is -1.96. The number of aromatic carboxylic acids is 1. The lowest BCUT2D eigenvalue weighted by Crippen LogP contribution is -2.37. The Bertz CT molecular complexity index is 479. The predicted octanol–water partition coefficient (Wildman–Crippen LogP) is -0.436. The summed E-state index contributed by atoms with van der Waals surface area (Å²) in [5, 5.41) is 16.1. The summed E-state index contributed by atoms with van der Waals surface area (Å²) in [4.78, 5) is 23.8. The summed E-state index contributed by atoms with van der Waals surface area (Å²) in [6.07, 6.45) is 3.85. The van der Waals surface area contributed by atoms with E-state index in [9.17, 15) is 9.59 Å². The first-order valence-electron chi connectivity index (χ1n) is 6.68. The molecule has 0 aromatic carbocycles. The highest BCUT2D eigenvalue weighted by Gasteiger charge is 2.20. The minimum absolute atomic E-state index is 0.0369. The number of primary amides is 1. The normalized spacial score (nSPS) is 17.2. The smallest absolute Gasteiger partial charge is 0.358 e. The highest BCUT2D eigenvalue weighted by atomic mass is 16.4. The molecule has 0 atom stereocenters. The fourth-order valence-corrected chi connectivity index (χ4v) is 2.45. The largest absolute Gasteiger partial charge is 0.476 e. The van der Waals surface area contributed by atoms with E-state index < -0.39 is 5.97 Å². The zero-order chi connectivity index (χ0) is 14.5. The number of carboxylic acids is 1. The maximum Gasteiger partial charge on any atom is 0.358 e. The fourth-order valence-electron chi connectivity index (χ4n) is 2.45. The van der Waals surface area contributed by atoms with Crippen molar-refractivity contribution in [1.29, 1.82) is 0 Å². The number of carbonyl (C=O) groups excluding carboxylic acids is 1. The molecule has 8 heteroatoms. The number of carbonyl (C=O) groups is 2. The number of piperidine rings is 1. The van der Waals surface area contributed by atoms with E-state index in [1.165, 1.54) is 6.20 Å². The average Bonchev–Trinajstić information content (AvgIpc) is 2.86. The van der Waals surface area contributed by atoms with Gasteiger partial charge >= 0.3 is 5.97 Å². The molecule has 1 amide bonds. The van der Waals surface area contributed by atoms with E-state index in [4.69, 9.17) is 10.8 Å². The van der Waals surface area contributed by atoms with Crippen LogP contribution in [0.4, 0.5) is 0 Å². The number of nitrogens with two attached hydrogens (primary N) is 1. The maximum atomic E-state index is 10.9. The quantitative estimate of drug-likeness (QED) is 0.731. The van der Waals surface area contributed by atoms with Gasteiger partial charge in [-0.05, 0) is 31.8 Å². The zero-order valence-electron chi connectivity index (χ0n) is 11.2. The van der Waals surface area contributed by atoms with Gasteiger partial charge in [0.25, 0.3) is 0 Å². The molecule has 1 aliphatic rings. The summed E-state index contributed by atoms with van der Waals surface area (Å²) in [6.45, 7) is 3.27. The van der Waals surface area contributed by atoms with Gasteiger partial charge in [0, 0.05) is 13.0 Å². The van der Waals surface area contributed by atoms with Crippen LogP contribution in [-0.4, -0.2) is 56.5 Å². The Labute approximate surface area is 116 Å². The SMILES string of the molecule is NC(=O)CC1CCN(CCn2cc(C(=O)O)nn2)CC1. The number of hydrogen-bond acceptors (Lipinski definition) is 5. The van der Waals surface area contributed by atoms with Gasteiger partial charge in [-0.3, -0.25) is 9.48 Å². The van der Waals surface area contributed by atoms with Crippen LogP contribution in [-0.2, 0) is 11.3 Å². The second-order valence-corrected chi connectivity index (χ2v) is 5.13. The van der Waals surface area contributed by atoms with Gasteiger partial charge in [-0.15, -0.1) is 5.10 Å². The maximum absolute atomic E-state index is 10.9. The van der Waals surface area contributed by atoms with E-state index in [-0.39, 0.29) is 11.6 Å². The van der Waals surface area contributed by atoms with Crippen molar-refractivity contribution in [2.45, 2.75) is 25.8 Å². The molecule has 110 valence electrons. The van der Waals surface area contributed by atoms with Crippen LogP contribution in [0.25, 0.3) is 0 Å². The summed E-state index contributed by atoms with van der Waals surface area (Å²) in [7, 11) is 0. The molecular weight excluding hydrogens is 262 g/mol. The number of amides is 1. The number of aromatic nitrogens is 3. The van der Waals surface area contributed by atoms with Crippen LogP contribution < -0.4 is 5.73 Å². The van der Waals surface area contributed by atoms with Gasteiger partial charge < -0.3 is 15.7 Å². The van der Waals surface area contributed by atoms with Crippen molar-refractivity contribution >= 4 is 11.9 Å². The lowest BCUT2D eigenvalue weighted by atomic mass is 9.93. The van der Waals surface area contributed by atoms with Crippen LogP contribution in [0.3, 0.4) is 0 Å². The third-order valence-corrected chi connectivity index (χ3v) is 3.60. The van der Waals surface area contributed by atoms with E-state index in [1.54, 1.807) is 4.68 Å². The van der Waals surface area contributed by atoms with Crippen LogP contribution in [0.2, 0.25) is 0 Å². The van der Waals surface area contributed by atoms with Crippen LogP contribution >= 0.6 is 0 Å². The average molecular weight is 281 g/mol. The molecule has 8 nitrogen and oxygen atoms in total. The van der Waals surface area contributed by atoms with E-state index in [0.717, 1.165) is 32.5 Å². The topological polar surface area (TPSA) is 114 Å². The van der Waals surface area contributed by atoms with E-state index in [0.29, 0.717) is 18.9 Å². The molecule has 3 N–H and O–H groups in total. The number of nitrogens with zero attached hydrogens (tertiary/aromatic N) is 4. The molecule has 1 aromatic rings. The Morgan fingerprint density at radius 2 is 2.05 bits per heavy atom. The highest BCUT2D eigenvalue weighted by Crippen LogP contribution is 2.19. The number of carboxylic acid groups (broad SMARTS) is 1. The molecule has 2 rings (SSSR count). The second kappa shape index (κ2) is 6.47. The van der Waals surface area contributed by atoms with Gasteiger partial charge in [0.2, 0.25) is 5.91 Å². The molecule has 0 aliphatic carbocycles. The highest BCUT2D eigenvalue weighted by molar-refractivity contribution is 5.84. The van der Waals surface area contributed by atoms with Crippen molar-refractivity contribution in [1.82, 2.24) is 19.9 Å². The fraction of sp³-hybridized carbons (Fsp3) is 0.667. The molecule has 0 saturated carbocycles. The van der Waals surface area contributed by atoms with Crippen molar-refractivity contribution in [3.63, 3.8) is 0 Å². The van der Waals surface area contributed by atoms with Crippen LogP contribution in [0.15, 0.2) is 6.20 Å². The van der Waals surface area contributed by atoms with E-state index >= 15 is 0 Å². The van der Waals surface area contributed by atoms with Gasteiger partial charge in [-0.25, -0.2) is 4.79 Å². The van der Waals surface area contributed by atoms with Crippen molar-refractivity contribution < 1.29 is 14.7 Å². The molecule has 0 bridgehead atoms. The number of likely N-dealkylation sites (tertiary alicyclic amines) is 1. The second-order valence-electron chi connectivity index (χ2n) is 5.13. The Balaban J connectivity index is 1.73. The van der Waals surface area contributed by atoms with Crippen LogP contribution in [0.5, 0.6) is 0 Å². The van der Waals surface area contributed by atoms with Crippen molar-refractivity contribution in [2.75, 3.05) is 19.6 Å². The Morgan fingerprint density at radius 3 is 2.60 bits per heavy atom. The monoisotopic (exact) mass is 281 g/mol. The first-order valence-corrected chi connectivity index (χ1v) is 6.68. The van der Waals surface area contributed by atoms with Gasteiger partial charge in [-0.1, -0.05) is 5.21 Å². The zero-order valence-corrected chi connectivity index (χ0v) is 11.2. The molecule has 1 fully saturated rings. The summed E-state index contributed by atoms with van der Waals surface area (Å²) < 4.78 is 1.54. The van der Waals surface area contributed by atoms with E-state index in [1.807, 2.05) is 0 Å². The van der Waals surface area contributed by atoms with Gasteiger partial charge in [0.1, 0.15) is 0 Å². The third kappa shape index (κ3) is 4.02. The lowest BCUT2D eigenvalue weighted by Gasteiger charge is -2.31.